The first-order valence-corrected chi connectivity index (χ1v) is 10.5. The molecule has 5 rings (SSSR count). The molecule has 6 heteroatoms. The highest BCUT2D eigenvalue weighted by atomic mass is 16.7. The molecule has 6 nitrogen and oxygen atoms in total. The SMILES string of the molecule is COc1cccc(Cc2nc(C3(c4ccccc4)CCC4(CC3)OCCO4)no2)c1. The number of methoxy groups -OCH3 is 1. The van der Waals surface area contributed by atoms with Gasteiger partial charge in [0, 0.05) is 12.8 Å². The van der Waals surface area contributed by atoms with Crippen LogP contribution in [0.4, 0.5) is 0 Å². The normalized spacial score (nSPS) is 19.8. The maximum Gasteiger partial charge on any atom is 0.231 e. The van der Waals surface area contributed by atoms with Crippen molar-refractivity contribution in [3.05, 3.63) is 77.4 Å². The molecular formula is C24H26N2O4. The highest BCUT2D eigenvalue weighted by Gasteiger charge is 2.49. The van der Waals surface area contributed by atoms with Crippen molar-refractivity contribution in [3.63, 3.8) is 0 Å². The van der Waals surface area contributed by atoms with Crippen LogP contribution >= 0.6 is 0 Å². The summed E-state index contributed by atoms with van der Waals surface area (Å²) in [5.41, 5.74) is 2.00. The van der Waals surface area contributed by atoms with Crippen molar-refractivity contribution in [2.45, 2.75) is 43.3 Å². The van der Waals surface area contributed by atoms with Crippen molar-refractivity contribution in [1.82, 2.24) is 10.1 Å². The summed E-state index contributed by atoms with van der Waals surface area (Å²) in [5, 5.41) is 4.44. The van der Waals surface area contributed by atoms with Crippen LogP contribution < -0.4 is 4.74 Å². The van der Waals surface area contributed by atoms with Gasteiger partial charge in [0.25, 0.3) is 0 Å². The Kier molecular flexibility index (Phi) is 5.05. The van der Waals surface area contributed by atoms with E-state index in [1.807, 2.05) is 30.3 Å². The maximum absolute atomic E-state index is 5.95. The van der Waals surface area contributed by atoms with Gasteiger partial charge in [-0.15, -0.1) is 0 Å². The highest BCUT2D eigenvalue weighted by molar-refractivity contribution is 5.34. The lowest BCUT2D eigenvalue weighted by Gasteiger charge is -2.42. The third-order valence-corrected chi connectivity index (χ3v) is 6.39. The molecule has 2 aromatic carbocycles. The van der Waals surface area contributed by atoms with Crippen LogP contribution in [0.25, 0.3) is 0 Å². The largest absolute Gasteiger partial charge is 0.497 e. The first-order valence-electron chi connectivity index (χ1n) is 10.5. The summed E-state index contributed by atoms with van der Waals surface area (Å²) in [6.45, 7) is 1.34. The van der Waals surface area contributed by atoms with Crippen LogP contribution in [0, 0.1) is 0 Å². The van der Waals surface area contributed by atoms with Gasteiger partial charge in [-0.2, -0.15) is 4.98 Å². The molecule has 0 atom stereocenters. The van der Waals surface area contributed by atoms with Crippen molar-refractivity contribution in [1.29, 1.82) is 0 Å². The number of nitrogens with zero attached hydrogens (tertiary/aromatic N) is 2. The molecule has 1 aromatic heterocycles. The Hall–Kier alpha value is -2.70. The summed E-state index contributed by atoms with van der Waals surface area (Å²) in [6, 6.07) is 18.4. The Morgan fingerprint density at radius 2 is 1.70 bits per heavy atom. The van der Waals surface area contributed by atoms with Crippen molar-refractivity contribution in [3.8, 4) is 5.75 Å². The Balaban J connectivity index is 1.44. The van der Waals surface area contributed by atoms with E-state index in [2.05, 4.69) is 29.4 Å². The van der Waals surface area contributed by atoms with E-state index in [9.17, 15) is 0 Å². The van der Waals surface area contributed by atoms with Gasteiger partial charge in [0.15, 0.2) is 11.6 Å². The van der Waals surface area contributed by atoms with E-state index in [-0.39, 0.29) is 5.41 Å². The minimum absolute atomic E-state index is 0.294. The van der Waals surface area contributed by atoms with E-state index in [0.29, 0.717) is 25.5 Å². The average molecular weight is 406 g/mol. The molecule has 2 heterocycles. The minimum atomic E-state index is -0.439. The Morgan fingerprint density at radius 3 is 2.43 bits per heavy atom. The zero-order valence-corrected chi connectivity index (χ0v) is 17.2. The molecule has 0 bridgehead atoms. The van der Waals surface area contributed by atoms with Gasteiger partial charge in [-0.1, -0.05) is 47.6 Å². The summed E-state index contributed by atoms with van der Waals surface area (Å²) >= 11 is 0. The lowest BCUT2D eigenvalue weighted by atomic mass is 9.67. The maximum atomic E-state index is 5.95. The molecule has 30 heavy (non-hydrogen) atoms. The second-order valence-electron chi connectivity index (χ2n) is 8.10. The molecular weight excluding hydrogens is 380 g/mol. The van der Waals surface area contributed by atoms with Gasteiger partial charge in [0.1, 0.15) is 5.75 Å². The van der Waals surface area contributed by atoms with Crippen LogP contribution in [0.15, 0.2) is 59.1 Å². The average Bonchev–Trinajstić information content (AvgIpc) is 3.46. The second-order valence-corrected chi connectivity index (χ2v) is 8.10. The van der Waals surface area contributed by atoms with E-state index >= 15 is 0 Å². The van der Waals surface area contributed by atoms with Crippen molar-refractivity contribution in [2.24, 2.45) is 0 Å². The van der Waals surface area contributed by atoms with Gasteiger partial charge in [-0.3, -0.25) is 0 Å². The molecule has 1 spiro atoms. The first kappa shape index (κ1) is 19.3. The molecule has 1 aliphatic carbocycles. The zero-order valence-electron chi connectivity index (χ0n) is 17.2. The van der Waals surface area contributed by atoms with Gasteiger partial charge in [-0.25, -0.2) is 0 Å². The monoisotopic (exact) mass is 406 g/mol. The van der Waals surface area contributed by atoms with E-state index in [4.69, 9.17) is 23.7 Å². The standard InChI is InChI=1S/C24H26N2O4/c1-27-20-9-5-6-18(16-20)17-21-25-22(26-30-21)23(19-7-3-2-4-8-19)10-12-24(13-11-23)28-14-15-29-24/h2-9,16H,10-15,17H2,1H3. The third-order valence-electron chi connectivity index (χ3n) is 6.39. The smallest absolute Gasteiger partial charge is 0.231 e. The van der Waals surface area contributed by atoms with E-state index in [0.717, 1.165) is 42.8 Å². The predicted octanol–water partition coefficient (Wildman–Crippen LogP) is 4.27. The van der Waals surface area contributed by atoms with Crippen molar-refractivity contribution < 1.29 is 18.7 Å². The number of ether oxygens (including phenoxy) is 3. The fourth-order valence-corrected chi connectivity index (χ4v) is 4.72. The molecule has 0 amide bonds. The summed E-state index contributed by atoms with van der Waals surface area (Å²) in [6.07, 6.45) is 3.93. The molecule has 1 saturated carbocycles. The molecule has 156 valence electrons. The zero-order chi connectivity index (χ0) is 20.4. The van der Waals surface area contributed by atoms with E-state index < -0.39 is 5.79 Å². The van der Waals surface area contributed by atoms with Crippen LogP contribution in [0.3, 0.4) is 0 Å². The Labute approximate surface area is 176 Å². The van der Waals surface area contributed by atoms with Gasteiger partial charge >= 0.3 is 0 Å². The molecule has 2 aliphatic rings. The van der Waals surface area contributed by atoms with Crippen molar-refractivity contribution in [2.75, 3.05) is 20.3 Å². The fraction of sp³-hybridized carbons (Fsp3) is 0.417. The fourth-order valence-electron chi connectivity index (χ4n) is 4.72. The molecule has 0 unspecified atom stereocenters. The number of hydrogen-bond donors (Lipinski definition) is 0. The van der Waals surface area contributed by atoms with Gasteiger partial charge in [0.05, 0.1) is 32.2 Å². The first-order chi connectivity index (χ1) is 14.7. The number of benzene rings is 2. The van der Waals surface area contributed by atoms with Gasteiger partial charge in [0.2, 0.25) is 5.89 Å². The molecule has 0 radical (unpaired) electrons. The molecule has 3 aromatic rings. The molecule has 1 saturated heterocycles. The lowest BCUT2D eigenvalue weighted by Crippen LogP contribution is -2.43. The number of hydrogen-bond acceptors (Lipinski definition) is 6. The molecule has 0 N–H and O–H groups in total. The van der Waals surface area contributed by atoms with E-state index in [1.165, 1.54) is 5.56 Å². The van der Waals surface area contributed by atoms with Crippen LogP contribution in [0.5, 0.6) is 5.75 Å². The third kappa shape index (κ3) is 3.50. The predicted molar refractivity (Wildman–Crippen MR) is 110 cm³/mol. The van der Waals surface area contributed by atoms with E-state index in [1.54, 1.807) is 7.11 Å². The Bertz CT molecular complexity index is 985. The topological polar surface area (TPSA) is 66.6 Å². The van der Waals surface area contributed by atoms with Crippen LogP contribution in [-0.2, 0) is 21.3 Å². The van der Waals surface area contributed by atoms with Crippen LogP contribution in [0.1, 0.15) is 48.5 Å². The van der Waals surface area contributed by atoms with Crippen LogP contribution in [-0.4, -0.2) is 36.3 Å². The van der Waals surface area contributed by atoms with Crippen LogP contribution in [0.2, 0.25) is 0 Å². The second kappa shape index (κ2) is 7.85. The van der Waals surface area contributed by atoms with Crippen molar-refractivity contribution >= 4 is 0 Å². The summed E-state index contributed by atoms with van der Waals surface area (Å²) in [5.74, 6) is 1.75. The minimum Gasteiger partial charge on any atom is -0.497 e. The Morgan fingerprint density at radius 1 is 0.933 bits per heavy atom. The summed E-state index contributed by atoms with van der Waals surface area (Å²) < 4.78 is 22.9. The molecule has 2 fully saturated rings. The lowest BCUT2D eigenvalue weighted by molar-refractivity contribution is -0.183. The summed E-state index contributed by atoms with van der Waals surface area (Å²) in [7, 11) is 1.67. The van der Waals surface area contributed by atoms with Gasteiger partial charge in [-0.05, 0) is 36.1 Å². The quantitative estimate of drug-likeness (QED) is 0.630. The number of aromatic nitrogens is 2. The molecule has 1 aliphatic heterocycles. The number of rotatable bonds is 5. The summed E-state index contributed by atoms with van der Waals surface area (Å²) in [4.78, 5) is 4.85. The highest BCUT2D eigenvalue weighted by Crippen LogP contribution is 2.49. The van der Waals surface area contributed by atoms with Gasteiger partial charge < -0.3 is 18.7 Å².